The SMILES string of the molecule is CC(NC(=O)NC1CCC(CO)CC1)C(C)c1ccccc1. The Kier molecular flexibility index (Phi) is 6.25. The maximum absolute atomic E-state index is 12.1. The number of benzene rings is 1. The summed E-state index contributed by atoms with van der Waals surface area (Å²) < 4.78 is 0. The first-order valence-corrected chi connectivity index (χ1v) is 8.33. The second-order valence-corrected chi connectivity index (χ2v) is 6.51. The van der Waals surface area contributed by atoms with Gasteiger partial charge in [-0.1, -0.05) is 37.3 Å². The summed E-state index contributed by atoms with van der Waals surface area (Å²) in [6.07, 6.45) is 3.91. The van der Waals surface area contributed by atoms with Gasteiger partial charge in [0, 0.05) is 24.6 Å². The first kappa shape index (κ1) is 16.8. The van der Waals surface area contributed by atoms with Crippen LogP contribution in [0.3, 0.4) is 0 Å². The Bertz CT molecular complexity index is 455. The topological polar surface area (TPSA) is 61.4 Å². The highest BCUT2D eigenvalue weighted by atomic mass is 16.3. The fourth-order valence-electron chi connectivity index (χ4n) is 3.09. The number of aliphatic hydroxyl groups excluding tert-OH is 1. The molecule has 1 aromatic carbocycles. The minimum absolute atomic E-state index is 0.0798. The Morgan fingerprint density at radius 3 is 2.41 bits per heavy atom. The van der Waals surface area contributed by atoms with Crippen molar-refractivity contribution in [3.63, 3.8) is 0 Å². The maximum atomic E-state index is 12.1. The summed E-state index contributed by atoms with van der Waals surface area (Å²) in [6.45, 7) is 4.44. The molecule has 1 aliphatic rings. The smallest absolute Gasteiger partial charge is 0.315 e. The van der Waals surface area contributed by atoms with Gasteiger partial charge < -0.3 is 15.7 Å². The molecule has 22 heavy (non-hydrogen) atoms. The minimum atomic E-state index is -0.0808. The van der Waals surface area contributed by atoms with Crippen LogP contribution in [0.15, 0.2) is 30.3 Å². The van der Waals surface area contributed by atoms with Gasteiger partial charge in [0.05, 0.1) is 0 Å². The van der Waals surface area contributed by atoms with Gasteiger partial charge in [-0.15, -0.1) is 0 Å². The fourth-order valence-corrected chi connectivity index (χ4v) is 3.09. The number of aliphatic hydroxyl groups is 1. The number of amides is 2. The quantitative estimate of drug-likeness (QED) is 0.783. The van der Waals surface area contributed by atoms with Gasteiger partial charge in [0.2, 0.25) is 0 Å². The van der Waals surface area contributed by atoms with Crippen LogP contribution in [-0.4, -0.2) is 29.8 Å². The molecular formula is C18H28N2O2. The Labute approximate surface area is 133 Å². The average Bonchev–Trinajstić information content (AvgIpc) is 2.55. The molecule has 1 saturated carbocycles. The van der Waals surface area contributed by atoms with Gasteiger partial charge in [-0.3, -0.25) is 0 Å². The minimum Gasteiger partial charge on any atom is -0.396 e. The third-order valence-corrected chi connectivity index (χ3v) is 4.87. The summed E-state index contributed by atoms with van der Waals surface area (Å²) in [6, 6.07) is 10.5. The van der Waals surface area contributed by atoms with E-state index in [4.69, 9.17) is 5.11 Å². The summed E-state index contributed by atoms with van der Waals surface area (Å²) >= 11 is 0. The van der Waals surface area contributed by atoms with Gasteiger partial charge in [-0.05, 0) is 44.1 Å². The van der Waals surface area contributed by atoms with Crippen LogP contribution in [0.1, 0.15) is 51.0 Å². The summed E-state index contributed by atoms with van der Waals surface area (Å²) in [5.41, 5.74) is 1.23. The van der Waals surface area contributed by atoms with E-state index in [1.54, 1.807) is 0 Å². The van der Waals surface area contributed by atoms with Crippen molar-refractivity contribution in [2.75, 3.05) is 6.61 Å². The number of urea groups is 1. The molecule has 3 N–H and O–H groups in total. The molecule has 2 unspecified atom stereocenters. The molecule has 1 aromatic rings. The average molecular weight is 304 g/mol. The van der Waals surface area contributed by atoms with Gasteiger partial charge in [-0.25, -0.2) is 4.79 Å². The normalized spacial score (nSPS) is 24.3. The molecule has 0 radical (unpaired) electrons. The third-order valence-electron chi connectivity index (χ3n) is 4.87. The monoisotopic (exact) mass is 304 g/mol. The Morgan fingerprint density at radius 2 is 1.82 bits per heavy atom. The highest BCUT2D eigenvalue weighted by Crippen LogP contribution is 2.23. The van der Waals surface area contributed by atoms with E-state index in [2.05, 4.69) is 29.7 Å². The Hall–Kier alpha value is -1.55. The lowest BCUT2D eigenvalue weighted by molar-refractivity contribution is 0.174. The largest absolute Gasteiger partial charge is 0.396 e. The standard InChI is InChI=1S/C18H28N2O2/c1-13(16-6-4-3-5-7-16)14(2)19-18(22)20-17-10-8-15(12-21)9-11-17/h3-7,13-15,17,21H,8-12H2,1-2H3,(H2,19,20,22). The molecule has 122 valence electrons. The number of hydrogen-bond donors (Lipinski definition) is 3. The van der Waals surface area contributed by atoms with E-state index < -0.39 is 0 Å². The van der Waals surface area contributed by atoms with E-state index in [1.807, 2.05) is 25.1 Å². The summed E-state index contributed by atoms with van der Waals surface area (Å²) in [5.74, 6) is 0.690. The zero-order valence-corrected chi connectivity index (χ0v) is 13.6. The van der Waals surface area contributed by atoms with E-state index in [0.717, 1.165) is 25.7 Å². The first-order chi connectivity index (χ1) is 10.6. The second-order valence-electron chi connectivity index (χ2n) is 6.51. The molecule has 0 aliphatic heterocycles. The molecule has 2 amide bonds. The van der Waals surface area contributed by atoms with Gasteiger partial charge in [0.15, 0.2) is 0 Å². The summed E-state index contributed by atoms with van der Waals surface area (Å²) in [4.78, 5) is 12.1. The predicted molar refractivity (Wildman–Crippen MR) is 88.8 cm³/mol. The van der Waals surface area contributed by atoms with Crippen molar-refractivity contribution < 1.29 is 9.90 Å². The Morgan fingerprint density at radius 1 is 1.18 bits per heavy atom. The zero-order valence-electron chi connectivity index (χ0n) is 13.6. The van der Waals surface area contributed by atoms with Crippen molar-refractivity contribution in [3.05, 3.63) is 35.9 Å². The van der Waals surface area contributed by atoms with E-state index in [0.29, 0.717) is 5.92 Å². The van der Waals surface area contributed by atoms with Crippen LogP contribution in [0.4, 0.5) is 4.79 Å². The molecule has 4 nitrogen and oxygen atoms in total. The van der Waals surface area contributed by atoms with Crippen LogP contribution in [0, 0.1) is 5.92 Å². The second kappa shape index (κ2) is 8.18. The van der Waals surface area contributed by atoms with Gasteiger partial charge in [-0.2, -0.15) is 0 Å². The van der Waals surface area contributed by atoms with Crippen LogP contribution in [-0.2, 0) is 0 Å². The molecule has 2 atom stereocenters. The highest BCUT2D eigenvalue weighted by molar-refractivity contribution is 5.74. The van der Waals surface area contributed by atoms with Crippen LogP contribution in [0.25, 0.3) is 0 Å². The summed E-state index contributed by atoms with van der Waals surface area (Å²) in [5, 5.41) is 15.3. The lowest BCUT2D eigenvalue weighted by atomic mass is 9.86. The molecular weight excluding hydrogens is 276 g/mol. The lowest BCUT2D eigenvalue weighted by Gasteiger charge is -2.29. The molecule has 0 heterocycles. The molecule has 0 bridgehead atoms. The Balaban J connectivity index is 1.77. The van der Waals surface area contributed by atoms with Crippen LogP contribution in [0.5, 0.6) is 0 Å². The number of carbonyl (C=O) groups excluding carboxylic acids is 1. The fraction of sp³-hybridized carbons (Fsp3) is 0.611. The highest BCUT2D eigenvalue weighted by Gasteiger charge is 2.23. The van der Waals surface area contributed by atoms with E-state index in [1.165, 1.54) is 5.56 Å². The number of carbonyl (C=O) groups is 1. The van der Waals surface area contributed by atoms with Crippen molar-refractivity contribution in [3.8, 4) is 0 Å². The van der Waals surface area contributed by atoms with Gasteiger partial charge >= 0.3 is 6.03 Å². The number of hydrogen-bond acceptors (Lipinski definition) is 2. The van der Waals surface area contributed by atoms with Crippen molar-refractivity contribution in [2.24, 2.45) is 5.92 Å². The molecule has 0 saturated heterocycles. The summed E-state index contributed by atoms with van der Waals surface area (Å²) in [7, 11) is 0. The molecule has 2 rings (SSSR count). The predicted octanol–water partition coefficient (Wildman–Crippen LogP) is 3.03. The van der Waals surface area contributed by atoms with Gasteiger partial charge in [0.1, 0.15) is 0 Å². The number of nitrogens with one attached hydrogen (secondary N) is 2. The van der Waals surface area contributed by atoms with Crippen molar-refractivity contribution in [1.82, 2.24) is 10.6 Å². The number of rotatable bonds is 5. The van der Waals surface area contributed by atoms with Gasteiger partial charge in [0.25, 0.3) is 0 Å². The molecule has 0 aromatic heterocycles. The van der Waals surface area contributed by atoms with Crippen LogP contribution >= 0.6 is 0 Å². The van der Waals surface area contributed by atoms with E-state index in [-0.39, 0.29) is 30.6 Å². The molecule has 1 fully saturated rings. The lowest BCUT2D eigenvalue weighted by Crippen LogP contribution is -2.47. The molecule has 4 heteroatoms. The van der Waals surface area contributed by atoms with Crippen molar-refractivity contribution in [1.29, 1.82) is 0 Å². The third kappa shape index (κ3) is 4.73. The molecule has 0 spiro atoms. The zero-order chi connectivity index (χ0) is 15.9. The maximum Gasteiger partial charge on any atom is 0.315 e. The van der Waals surface area contributed by atoms with E-state index >= 15 is 0 Å². The molecule has 1 aliphatic carbocycles. The van der Waals surface area contributed by atoms with Crippen LogP contribution < -0.4 is 10.6 Å². The van der Waals surface area contributed by atoms with E-state index in [9.17, 15) is 4.79 Å². The van der Waals surface area contributed by atoms with Crippen LogP contribution in [0.2, 0.25) is 0 Å². The first-order valence-electron chi connectivity index (χ1n) is 8.33. The van der Waals surface area contributed by atoms with Crippen molar-refractivity contribution in [2.45, 2.75) is 57.5 Å². The van der Waals surface area contributed by atoms with Crippen molar-refractivity contribution >= 4 is 6.03 Å².